The maximum atomic E-state index is 12.1. The lowest BCUT2D eigenvalue weighted by atomic mass is 9.99. The van der Waals surface area contributed by atoms with Crippen LogP contribution in [-0.2, 0) is 11.2 Å². The fourth-order valence-electron chi connectivity index (χ4n) is 1.96. The van der Waals surface area contributed by atoms with Crippen molar-refractivity contribution < 1.29 is 9.90 Å². The maximum Gasteiger partial charge on any atom is 0.223 e. The smallest absolute Gasteiger partial charge is 0.223 e. The Morgan fingerprint density at radius 2 is 2.11 bits per heavy atom. The highest BCUT2D eigenvalue weighted by atomic mass is 35.5. The first-order chi connectivity index (χ1) is 9.08. The van der Waals surface area contributed by atoms with Gasteiger partial charge < -0.3 is 10.4 Å². The van der Waals surface area contributed by atoms with Crippen molar-refractivity contribution in [2.45, 2.75) is 39.2 Å². The first-order valence-corrected chi connectivity index (χ1v) is 7.10. The molecule has 106 valence electrons. The van der Waals surface area contributed by atoms with Gasteiger partial charge in [-0.05, 0) is 30.9 Å². The van der Waals surface area contributed by atoms with Gasteiger partial charge in [-0.1, -0.05) is 43.6 Å². The molecular formula is C15H22ClNO2. The lowest BCUT2D eigenvalue weighted by Crippen LogP contribution is -2.38. The predicted molar refractivity (Wildman–Crippen MR) is 78.2 cm³/mol. The monoisotopic (exact) mass is 283 g/mol. The number of nitrogens with one attached hydrogen (secondary N) is 1. The van der Waals surface area contributed by atoms with Crippen molar-refractivity contribution >= 4 is 17.5 Å². The number of rotatable bonds is 7. The molecule has 2 N–H and O–H groups in total. The fourth-order valence-corrected chi connectivity index (χ4v) is 2.18. The van der Waals surface area contributed by atoms with Gasteiger partial charge in [-0.15, -0.1) is 0 Å². The Morgan fingerprint density at radius 1 is 1.42 bits per heavy atom. The van der Waals surface area contributed by atoms with Gasteiger partial charge in [0.1, 0.15) is 0 Å². The Labute approximate surface area is 120 Å². The molecular weight excluding hydrogens is 262 g/mol. The number of hydrogen-bond acceptors (Lipinski definition) is 2. The molecule has 0 radical (unpaired) electrons. The SMILES string of the molecule is CCC(CCO)NC(=O)C(C)Cc1ccccc1Cl. The van der Waals surface area contributed by atoms with E-state index in [2.05, 4.69) is 5.32 Å². The third-order valence-corrected chi connectivity index (χ3v) is 3.62. The van der Waals surface area contributed by atoms with E-state index in [0.717, 1.165) is 12.0 Å². The van der Waals surface area contributed by atoms with Crippen LogP contribution in [0.15, 0.2) is 24.3 Å². The van der Waals surface area contributed by atoms with Crippen LogP contribution < -0.4 is 5.32 Å². The van der Waals surface area contributed by atoms with Crippen molar-refractivity contribution in [3.05, 3.63) is 34.9 Å². The van der Waals surface area contributed by atoms with Crippen molar-refractivity contribution in [3.8, 4) is 0 Å². The summed E-state index contributed by atoms with van der Waals surface area (Å²) >= 11 is 6.09. The number of amides is 1. The summed E-state index contributed by atoms with van der Waals surface area (Å²) in [5.74, 6) is -0.118. The maximum absolute atomic E-state index is 12.1. The number of benzene rings is 1. The van der Waals surface area contributed by atoms with E-state index >= 15 is 0 Å². The molecule has 1 rings (SSSR count). The van der Waals surface area contributed by atoms with Crippen LogP contribution in [0.4, 0.5) is 0 Å². The lowest BCUT2D eigenvalue weighted by Gasteiger charge is -2.19. The summed E-state index contributed by atoms with van der Waals surface area (Å²) in [6.45, 7) is 3.99. The van der Waals surface area contributed by atoms with Gasteiger partial charge >= 0.3 is 0 Å². The molecule has 1 aromatic rings. The number of aliphatic hydroxyl groups is 1. The number of aliphatic hydroxyl groups excluding tert-OH is 1. The molecule has 2 unspecified atom stereocenters. The second-order valence-corrected chi connectivity index (χ2v) is 5.23. The molecule has 3 nitrogen and oxygen atoms in total. The van der Waals surface area contributed by atoms with E-state index in [1.165, 1.54) is 0 Å². The van der Waals surface area contributed by atoms with Gasteiger partial charge in [0.25, 0.3) is 0 Å². The van der Waals surface area contributed by atoms with Crippen molar-refractivity contribution in [1.82, 2.24) is 5.32 Å². The van der Waals surface area contributed by atoms with Gasteiger partial charge in [-0.3, -0.25) is 4.79 Å². The second-order valence-electron chi connectivity index (χ2n) is 4.82. The summed E-state index contributed by atoms with van der Waals surface area (Å²) in [6.07, 6.45) is 2.05. The van der Waals surface area contributed by atoms with Crippen LogP contribution in [0.5, 0.6) is 0 Å². The topological polar surface area (TPSA) is 49.3 Å². The van der Waals surface area contributed by atoms with E-state index in [-0.39, 0.29) is 24.5 Å². The summed E-state index contributed by atoms with van der Waals surface area (Å²) in [5, 5.41) is 12.6. The molecule has 4 heteroatoms. The standard InChI is InChI=1S/C15H22ClNO2/c1-3-13(8-9-18)17-15(19)11(2)10-12-6-4-5-7-14(12)16/h4-7,11,13,18H,3,8-10H2,1-2H3,(H,17,19). The molecule has 0 bridgehead atoms. The van der Waals surface area contributed by atoms with E-state index in [1.54, 1.807) is 0 Å². The summed E-state index contributed by atoms with van der Waals surface area (Å²) in [7, 11) is 0. The average molecular weight is 284 g/mol. The van der Waals surface area contributed by atoms with Crippen LogP contribution in [0.1, 0.15) is 32.3 Å². The minimum absolute atomic E-state index is 0.0141. The normalized spacial score (nSPS) is 13.9. The van der Waals surface area contributed by atoms with Gasteiger partial charge in [0.2, 0.25) is 5.91 Å². The molecule has 0 saturated heterocycles. The minimum Gasteiger partial charge on any atom is -0.396 e. The van der Waals surface area contributed by atoms with Crippen molar-refractivity contribution in [1.29, 1.82) is 0 Å². The van der Waals surface area contributed by atoms with Crippen LogP contribution in [-0.4, -0.2) is 23.7 Å². The molecule has 0 aliphatic heterocycles. The van der Waals surface area contributed by atoms with Crippen molar-refractivity contribution in [3.63, 3.8) is 0 Å². The van der Waals surface area contributed by atoms with E-state index in [9.17, 15) is 4.79 Å². The van der Waals surface area contributed by atoms with Gasteiger partial charge in [0.05, 0.1) is 0 Å². The number of carbonyl (C=O) groups is 1. The average Bonchev–Trinajstić information content (AvgIpc) is 2.40. The quantitative estimate of drug-likeness (QED) is 0.808. The summed E-state index contributed by atoms with van der Waals surface area (Å²) in [4.78, 5) is 12.1. The first-order valence-electron chi connectivity index (χ1n) is 6.73. The van der Waals surface area contributed by atoms with Crippen LogP contribution >= 0.6 is 11.6 Å². The van der Waals surface area contributed by atoms with Gasteiger partial charge in [0.15, 0.2) is 0 Å². The summed E-state index contributed by atoms with van der Waals surface area (Å²) in [5.41, 5.74) is 0.988. The van der Waals surface area contributed by atoms with E-state index in [4.69, 9.17) is 16.7 Å². The zero-order valence-corrected chi connectivity index (χ0v) is 12.3. The van der Waals surface area contributed by atoms with Gasteiger partial charge in [-0.25, -0.2) is 0 Å². The first kappa shape index (κ1) is 16.0. The molecule has 0 spiro atoms. The van der Waals surface area contributed by atoms with Crippen LogP contribution in [0.25, 0.3) is 0 Å². The molecule has 0 aliphatic rings. The highest BCUT2D eigenvalue weighted by molar-refractivity contribution is 6.31. The molecule has 0 aliphatic carbocycles. The van der Waals surface area contributed by atoms with Crippen molar-refractivity contribution in [2.75, 3.05) is 6.61 Å². The summed E-state index contributed by atoms with van der Waals surface area (Å²) in [6, 6.07) is 7.63. The molecule has 0 heterocycles. The van der Waals surface area contributed by atoms with Crippen LogP contribution in [0.2, 0.25) is 5.02 Å². The van der Waals surface area contributed by atoms with Crippen LogP contribution in [0, 0.1) is 5.92 Å². The summed E-state index contributed by atoms with van der Waals surface area (Å²) < 4.78 is 0. The molecule has 19 heavy (non-hydrogen) atoms. The number of hydrogen-bond donors (Lipinski definition) is 2. The molecule has 1 aromatic carbocycles. The van der Waals surface area contributed by atoms with Crippen LogP contribution in [0.3, 0.4) is 0 Å². The Kier molecular flexibility index (Phi) is 6.89. The van der Waals surface area contributed by atoms with E-state index in [0.29, 0.717) is 17.9 Å². The molecule has 1 amide bonds. The second kappa shape index (κ2) is 8.18. The minimum atomic E-state index is -0.132. The van der Waals surface area contributed by atoms with E-state index < -0.39 is 0 Å². The zero-order valence-electron chi connectivity index (χ0n) is 11.5. The zero-order chi connectivity index (χ0) is 14.3. The largest absolute Gasteiger partial charge is 0.396 e. The molecule has 0 fully saturated rings. The highest BCUT2D eigenvalue weighted by Gasteiger charge is 2.17. The van der Waals surface area contributed by atoms with E-state index in [1.807, 2.05) is 38.1 Å². The fraction of sp³-hybridized carbons (Fsp3) is 0.533. The van der Waals surface area contributed by atoms with Crippen molar-refractivity contribution in [2.24, 2.45) is 5.92 Å². The third kappa shape index (κ3) is 5.21. The van der Waals surface area contributed by atoms with Gasteiger partial charge in [0, 0.05) is 23.6 Å². The highest BCUT2D eigenvalue weighted by Crippen LogP contribution is 2.19. The Bertz CT molecular complexity index is 409. The Morgan fingerprint density at radius 3 is 2.68 bits per heavy atom. The Balaban J connectivity index is 2.55. The third-order valence-electron chi connectivity index (χ3n) is 3.25. The molecule has 0 saturated carbocycles. The number of carbonyl (C=O) groups excluding carboxylic acids is 1. The number of halogens is 1. The van der Waals surface area contributed by atoms with Gasteiger partial charge in [-0.2, -0.15) is 0 Å². The lowest BCUT2D eigenvalue weighted by molar-refractivity contribution is -0.125. The predicted octanol–water partition coefficient (Wildman–Crippen LogP) is 2.80. The molecule has 2 atom stereocenters. The molecule has 0 aromatic heterocycles. The Hall–Kier alpha value is -1.06.